The first-order valence-electron chi connectivity index (χ1n) is 8.54. The number of hydrogen-bond donors (Lipinski definition) is 1. The Kier molecular flexibility index (Phi) is 5.30. The number of carbonyl (C=O) groups excluding carboxylic acids is 1. The number of anilines is 1. The zero-order valence-corrected chi connectivity index (χ0v) is 17.8. The molecular formula is C17H22IN5O4. The minimum absolute atomic E-state index is 0.0104. The lowest BCUT2D eigenvalue weighted by Gasteiger charge is -2.24. The van der Waals surface area contributed by atoms with E-state index in [9.17, 15) is 14.7 Å². The van der Waals surface area contributed by atoms with Crippen LogP contribution in [0.4, 0.5) is 15.4 Å². The minimum Gasteiger partial charge on any atom is -0.464 e. The maximum Gasteiger partial charge on any atom is 0.425 e. The lowest BCUT2D eigenvalue weighted by atomic mass is 10.2. The Balaban J connectivity index is 2.09. The minimum atomic E-state index is -1.45. The van der Waals surface area contributed by atoms with Gasteiger partial charge in [-0.15, -0.1) is 0 Å². The van der Waals surface area contributed by atoms with Gasteiger partial charge in [0.05, 0.1) is 5.39 Å². The van der Waals surface area contributed by atoms with Crippen LogP contribution in [-0.2, 0) is 4.74 Å². The maximum atomic E-state index is 12.5. The number of aromatic nitrogens is 3. The van der Waals surface area contributed by atoms with Gasteiger partial charge in [-0.25, -0.2) is 19.6 Å². The van der Waals surface area contributed by atoms with Crippen molar-refractivity contribution in [2.75, 3.05) is 25.0 Å². The van der Waals surface area contributed by atoms with Crippen LogP contribution in [0.15, 0.2) is 12.5 Å². The number of likely N-dealkylation sites (N-methyl/N-ethyl adjacent to an activating group) is 1. The van der Waals surface area contributed by atoms with Crippen LogP contribution in [0.2, 0.25) is 0 Å². The van der Waals surface area contributed by atoms with Crippen molar-refractivity contribution in [3.05, 3.63) is 16.1 Å². The highest BCUT2D eigenvalue weighted by molar-refractivity contribution is 14.1. The molecule has 1 aliphatic heterocycles. The zero-order chi connectivity index (χ0) is 19.9. The van der Waals surface area contributed by atoms with Gasteiger partial charge in [-0.3, -0.25) is 0 Å². The van der Waals surface area contributed by atoms with E-state index in [-0.39, 0.29) is 11.9 Å². The number of rotatable bonds is 2. The molecule has 0 spiro atoms. The van der Waals surface area contributed by atoms with E-state index < -0.39 is 17.8 Å². The smallest absolute Gasteiger partial charge is 0.425 e. The summed E-state index contributed by atoms with van der Waals surface area (Å²) in [5.41, 5.74) is -0.218. The molecule has 27 heavy (non-hydrogen) atoms. The third kappa shape index (κ3) is 4.00. The second-order valence-corrected chi connectivity index (χ2v) is 8.75. The van der Waals surface area contributed by atoms with Crippen LogP contribution in [0.25, 0.3) is 11.0 Å². The first-order chi connectivity index (χ1) is 12.6. The lowest BCUT2D eigenvalue weighted by molar-refractivity contribution is 0.0581. The summed E-state index contributed by atoms with van der Waals surface area (Å²) in [7, 11) is 2.06. The average molecular weight is 487 g/mol. The van der Waals surface area contributed by atoms with Crippen molar-refractivity contribution < 1.29 is 19.4 Å². The van der Waals surface area contributed by atoms with Gasteiger partial charge in [0.1, 0.15) is 17.6 Å². The molecule has 9 nitrogen and oxygen atoms in total. The van der Waals surface area contributed by atoms with E-state index in [0.717, 1.165) is 23.1 Å². The zero-order valence-electron chi connectivity index (χ0n) is 15.6. The first kappa shape index (κ1) is 19.8. The van der Waals surface area contributed by atoms with Gasteiger partial charge >= 0.3 is 12.2 Å². The fourth-order valence-corrected chi connectivity index (χ4v) is 3.96. The number of nitrogens with zero attached hydrogens (tertiary/aromatic N) is 5. The monoisotopic (exact) mass is 487 g/mol. The summed E-state index contributed by atoms with van der Waals surface area (Å²) in [5, 5.41) is 10.2. The third-order valence-electron chi connectivity index (χ3n) is 4.28. The molecule has 0 bridgehead atoms. The van der Waals surface area contributed by atoms with Crippen molar-refractivity contribution in [2.24, 2.45) is 0 Å². The van der Waals surface area contributed by atoms with Gasteiger partial charge < -0.3 is 19.3 Å². The van der Waals surface area contributed by atoms with Crippen molar-refractivity contribution in [2.45, 2.75) is 38.8 Å². The molecule has 146 valence electrons. The van der Waals surface area contributed by atoms with Crippen LogP contribution < -0.4 is 4.90 Å². The number of halogens is 1. The standard InChI is InChI=1S/C17H22IN5O4/c1-17(2,3)27-16(26)23(15(24)25)14-12-11(18)8-22(13(12)19-9-20-14)10-5-6-21(4)7-10/h8-10H,5-7H2,1-4H3,(H,24,25). The highest BCUT2D eigenvalue weighted by Gasteiger charge is 2.33. The summed E-state index contributed by atoms with van der Waals surface area (Å²) in [6, 6.07) is 0.239. The molecule has 3 heterocycles. The quantitative estimate of drug-likeness (QED) is 0.649. The van der Waals surface area contributed by atoms with Gasteiger partial charge in [0.15, 0.2) is 5.82 Å². The Bertz CT molecular complexity index is 891. The number of ether oxygens (including phenoxy) is 1. The molecule has 3 rings (SSSR count). The molecule has 1 unspecified atom stereocenters. The van der Waals surface area contributed by atoms with Crippen LogP contribution in [-0.4, -0.2) is 62.5 Å². The van der Waals surface area contributed by atoms with Gasteiger partial charge in [-0.1, -0.05) is 0 Å². The molecule has 0 saturated carbocycles. The van der Waals surface area contributed by atoms with Gasteiger partial charge in [0.2, 0.25) is 0 Å². The van der Waals surface area contributed by atoms with E-state index in [2.05, 4.69) is 44.5 Å². The predicted octanol–water partition coefficient (Wildman–Crippen LogP) is 3.33. The van der Waals surface area contributed by atoms with Crippen LogP contribution in [0.5, 0.6) is 0 Å². The number of carboxylic acid groups (broad SMARTS) is 1. The number of amides is 2. The van der Waals surface area contributed by atoms with Crippen LogP contribution >= 0.6 is 22.6 Å². The Morgan fingerprint density at radius 3 is 2.63 bits per heavy atom. The average Bonchev–Trinajstić information content (AvgIpc) is 3.10. The SMILES string of the molecule is CN1CCC(n2cc(I)c3c(N(C(=O)O)C(=O)OC(C)(C)C)ncnc32)C1. The number of fused-ring (bicyclic) bond motifs is 1. The predicted molar refractivity (Wildman–Crippen MR) is 108 cm³/mol. The van der Waals surface area contributed by atoms with E-state index in [0.29, 0.717) is 15.9 Å². The Labute approximate surface area is 170 Å². The molecule has 2 aromatic heterocycles. The van der Waals surface area contributed by atoms with Gasteiger partial charge in [0.25, 0.3) is 0 Å². The van der Waals surface area contributed by atoms with E-state index in [4.69, 9.17) is 4.74 Å². The maximum absolute atomic E-state index is 12.5. The molecular weight excluding hydrogens is 465 g/mol. The molecule has 2 aromatic rings. The topological polar surface area (TPSA) is 101 Å². The number of likely N-dealkylation sites (tertiary alicyclic amines) is 1. The summed E-state index contributed by atoms with van der Waals surface area (Å²) < 4.78 is 8.08. The molecule has 1 aliphatic rings. The van der Waals surface area contributed by atoms with E-state index in [1.807, 2.05) is 10.8 Å². The molecule has 0 aliphatic carbocycles. The normalized spacial score (nSPS) is 18.0. The van der Waals surface area contributed by atoms with Crippen LogP contribution in [0, 0.1) is 3.57 Å². The Morgan fingerprint density at radius 2 is 2.07 bits per heavy atom. The molecule has 10 heteroatoms. The lowest BCUT2D eigenvalue weighted by Crippen LogP contribution is -2.40. The first-order valence-corrected chi connectivity index (χ1v) is 9.62. The van der Waals surface area contributed by atoms with Crippen LogP contribution in [0.3, 0.4) is 0 Å². The summed E-state index contributed by atoms with van der Waals surface area (Å²) in [5.74, 6) is 0.0104. The van der Waals surface area contributed by atoms with E-state index in [1.54, 1.807) is 20.8 Å². The fraction of sp³-hybridized carbons (Fsp3) is 0.529. The summed E-state index contributed by atoms with van der Waals surface area (Å²) >= 11 is 2.12. The molecule has 2 amide bonds. The van der Waals surface area contributed by atoms with Gasteiger partial charge in [-0.05, 0) is 63.4 Å². The van der Waals surface area contributed by atoms with Gasteiger partial charge in [-0.2, -0.15) is 4.90 Å². The molecule has 1 fully saturated rings. The second kappa shape index (κ2) is 7.23. The Hall–Kier alpha value is -1.95. The van der Waals surface area contributed by atoms with Crippen molar-refractivity contribution in [3.8, 4) is 0 Å². The van der Waals surface area contributed by atoms with Crippen LogP contribution in [0.1, 0.15) is 33.2 Å². The van der Waals surface area contributed by atoms with Crippen molar-refractivity contribution in [1.82, 2.24) is 19.4 Å². The largest absolute Gasteiger partial charge is 0.464 e. The number of imide groups is 1. The van der Waals surface area contributed by atoms with E-state index >= 15 is 0 Å². The molecule has 1 atom stereocenters. The number of carbonyl (C=O) groups is 2. The molecule has 1 N–H and O–H groups in total. The van der Waals surface area contributed by atoms with Crippen molar-refractivity contribution >= 4 is 51.6 Å². The fourth-order valence-electron chi connectivity index (χ4n) is 3.17. The third-order valence-corrected chi connectivity index (χ3v) is 5.10. The molecule has 1 saturated heterocycles. The van der Waals surface area contributed by atoms with Gasteiger partial charge in [0, 0.05) is 22.4 Å². The summed E-state index contributed by atoms with van der Waals surface area (Å²) in [6.45, 7) is 6.90. The highest BCUT2D eigenvalue weighted by atomic mass is 127. The summed E-state index contributed by atoms with van der Waals surface area (Å²) in [6.07, 6.45) is 1.75. The van der Waals surface area contributed by atoms with E-state index in [1.165, 1.54) is 6.33 Å². The molecule has 0 aromatic carbocycles. The second-order valence-electron chi connectivity index (χ2n) is 7.58. The molecule has 0 radical (unpaired) electrons. The summed E-state index contributed by atoms with van der Waals surface area (Å²) in [4.78, 5) is 35.6. The van der Waals surface area contributed by atoms with Crippen molar-refractivity contribution in [1.29, 1.82) is 0 Å². The van der Waals surface area contributed by atoms with Crippen molar-refractivity contribution in [3.63, 3.8) is 0 Å². The Morgan fingerprint density at radius 1 is 1.37 bits per heavy atom. The number of hydrogen-bond acceptors (Lipinski definition) is 6. The highest BCUT2D eigenvalue weighted by Crippen LogP contribution is 2.34.